The Morgan fingerprint density at radius 2 is 2.42 bits per heavy atom. The number of halogens is 1. The lowest BCUT2D eigenvalue weighted by molar-refractivity contribution is 0.0762. The van der Waals surface area contributed by atoms with Crippen molar-refractivity contribution < 1.29 is 9.53 Å². The van der Waals surface area contributed by atoms with E-state index in [-0.39, 0.29) is 5.91 Å². The fraction of sp³-hybridized carbons (Fsp3) is 0.571. The molecular formula is C14H19ClN2O2. The second kappa shape index (κ2) is 6.35. The van der Waals surface area contributed by atoms with Crippen LogP contribution in [0.3, 0.4) is 0 Å². The van der Waals surface area contributed by atoms with Gasteiger partial charge in [-0.15, -0.1) is 0 Å². The average Bonchev–Trinajstić information content (AvgIpc) is 2.84. The third kappa shape index (κ3) is 3.25. The molecule has 0 aromatic carbocycles. The number of pyridine rings is 1. The highest BCUT2D eigenvalue weighted by Crippen LogP contribution is 2.24. The summed E-state index contributed by atoms with van der Waals surface area (Å²) in [5.74, 6) is 0.411. The summed E-state index contributed by atoms with van der Waals surface area (Å²) in [6.07, 6.45) is 2.61. The van der Waals surface area contributed by atoms with Gasteiger partial charge in [0.1, 0.15) is 0 Å². The molecule has 1 aromatic heterocycles. The molecule has 1 aliphatic heterocycles. The van der Waals surface area contributed by atoms with Gasteiger partial charge in [-0.3, -0.25) is 9.78 Å². The summed E-state index contributed by atoms with van der Waals surface area (Å²) in [7, 11) is 0. The number of hydrogen-bond acceptors (Lipinski definition) is 3. The van der Waals surface area contributed by atoms with E-state index in [1.54, 1.807) is 12.3 Å². The number of nitrogens with zero attached hydrogens (tertiary/aromatic N) is 2. The number of aromatic nitrogens is 1. The molecule has 4 nitrogen and oxygen atoms in total. The minimum atomic E-state index is -0.0189. The van der Waals surface area contributed by atoms with Crippen molar-refractivity contribution in [2.75, 3.05) is 26.3 Å². The van der Waals surface area contributed by atoms with Crippen LogP contribution in [-0.2, 0) is 4.74 Å². The maximum atomic E-state index is 12.5. The fourth-order valence-electron chi connectivity index (χ4n) is 2.39. The maximum absolute atomic E-state index is 12.5. The van der Waals surface area contributed by atoms with Gasteiger partial charge in [0.05, 0.1) is 22.9 Å². The normalized spacial score (nSPS) is 18.9. The van der Waals surface area contributed by atoms with Crippen molar-refractivity contribution in [3.63, 3.8) is 0 Å². The lowest BCUT2D eigenvalue weighted by atomic mass is 10.1. The summed E-state index contributed by atoms with van der Waals surface area (Å²) in [5, 5.41) is 0.478. The molecule has 1 saturated heterocycles. The minimum Gasteiger partial charge on any atom is -0.381 e. The van der Waals surface area contributed by atoms with Crippen LogP contribution >= 0.6 is 11.6 Å². The molecule has 0 bridgehead atoms. The number of hydrogen-bond donors (Lipinski definition) is 0. The predicted molar refractivity (Wildman–Crippen MR) is 74.5 cm³/mol. The first kappa shape index (κ1) is 14.3. The van der Waals surface area contributed by atoms with E-state index in [1.807, 2.05) is 18.7 Å². The molecule has 1 aliphatic rings. The summed E-state index contributed by atoms with van der Waals surface area (Å²) in [6, 6.07) is 1.66. The summed E-state index contributed by atoms with van der Waals surface area (Å²) in [5.41, 5.74) is 1.21. The predicted octanol–water partition coefficient (Wildman–Crippen LogP) is 2.54. The van der Waals surface area contributed by atoms with Crippen molar-refractivity contribution >= 4 is 17.5 Å². The van der Waals surface area contributed by atoms with E-state index >= 15 is 0 Å². The van der Waals surface area contributed by atoms with Gasteiger partial charge in [-0.1, -0.05) is 11.6 Å². The van der Waals surface area contributed by atoms with Crippen molar-refractivity contribution in [2.24, 2.45) is 5.92 Å². The van der Waals surface area contributed by atoms with Crippen molar-refractivity contribution in [2.45, 2.75) is 20.3 Å². The zero-order valence-corrected chi connectivity index (χ0v) is 12.1. The van der Waals surface area contributed by atoms with Crippen LogP contribution in [0.2, 0.25) is 5.02 Å². The molecule has 0 aliphatic carbocycles. The van der Waals surface area contributed by atoms with Gasteiger partial charge >= 0.3 is 0 Å². The quantitative estimate of drug-likeness (QED) is 0.852. The molecule has 104 valence electrons. The topological polar surface area (TPSA) is 42.4 Å². The molecular weight excluding hydrogens is 264 g/mol. The summed E-state index contributed by atoms with van der Waals surface area (Å²) < 4.78 is 5.42. The summed E-state index contributed by atoms with van der Waals surface area (Å²) in [6.45, 7) is 6.74. The van der Waals surface area contributed by atoms with Gasteiger partial charge in [-0.2, -0.15) is 0 Å². The van der Waals surface area contributed by atoms with Gasteiger partial charge < -0.3 is 9.64 Å². The van der Waals surface area contributed by atoms with E-state index in [0.29, 0.717) is 22.2 Å². The molecule has 2 rings (SSSR count). The number of carbonyl (C=O) groups is 1. The number of amides is 1. The Balaban J connectivity index is 2.05. The molecule has 1 amide bonds. The standard InChI is InChI=1S/C14H19ClN2O2/c1-3-19-9-11-5-7-17(8-11)14(18)13-10(2)16-6-4-12(13)15/h4,6,11H,3,5,7-9H2,1-2H3/t11-/m0/s1. The average molecular weight is 283 g/mol. The lowest BCUT2D eigenvalue weighted by Crippen LogP contribution is -2.30. The summed E-state index contributed by atoms with van der Waals surface area (Å²) >= 11 is 6.11. The Hall–Kier alpha value is -1.13. The highest BCUT2D eigenvalue weighted by atomic mass is 35.5. The van der Waals surface area contributed by atoms with Gasteiger partial charge in [0.2, 0.25) is 0 Å². The van der Waals surface area contributed by atoms with E-state index < -0.39 is 0 Å². The van der Waals surface area contributed by atoms with Crippen LogP contribution in [0.25, 0.3) is 0 Å². The van der Waals surface area contributed by atoms with Gasteiger partial charge in [0.25, 0.3) is 5.91 Å². The lowest BCUT2D eigenvalue weighted by Gasteiger charge is -2.18. The zero-order chi connectivity index (χ0) is 13.8. The highest BCUT2D eigenvalue weighted by Gasteiger charge is 2.29. The SMILES string of the molecule is CCOC[C@H]1CCN(C(=O)c2c(Cl)ccnc2C)C1. The van der Waals surface area contributed by atoms with Crippen molar-refractivity contribution in [3.8, 4) is 0 Å². The Kier molecular flexibility index (Phi) is 4.77. The molecule has 2 heterocycles. The smallest absolute Gasteiger partial charge is 0.257 e. The van der Waals surface area contributed by atoms with Crippen molar-refractivity contribution in [1.29, 1.82) is 0 Å². The molecule has 19 heavy (non-hydrogen) atoms. The highest BCUT2D eigenvalue weighted by molar-refractivity contribution is 6.33. The van der Waals surface area contributed by atoms with Crippen LogP contribution in [0.15, 0.2) is 12.3 Å². The first-order valence-corrected chi connectivity index (χ1v) is 6.99. The third-order valence-electron chi connectivity index (χ3n) is 3.43. The van der Waals surface area contributed by atoms with Gasteiger partial charge in [-0.25, -0.2) is 0 Å². The second-order valence-electron chi connectivity index (χ2n) is 4.82. The molecule has 5 heteroatoms. The Morgan fingerprint density at radius 3 is 3.11 bits per heavy atom. The van der Waals surface area contributed by atoms with E-state index in [9.17, 15) is 4.79 Å². The van der Waals surface area contributed by atoms with Crippen LogP contribution < -0.4 is 0 Å². The van der Waals surface area contributed by atoms with E-state index in [1.165, 1.54) is 0 Å². The molecule has 0 unspecified atom stereocenters. The van der Waals surface area contributed by atoms with Gasteiger partial charge in [-0.05, 0) is 26.3 Å². The first-order chi connectivity index (χ1) is 9.13. The molecule has 1 aromatic rings. The Bertz CT molecular complexity index is 445. The first-order valence-electron chi connectivity index (χ1n) is 6.61. The monoisotopic (exact) mass is 282 g/mol. The Labute approximate surface area is 118 Å². The summed E-state index contributed by atoms with van der Waals surface area (Å²) in [4.78, 5) is 18.5. The van der Waals surface area contributed by atoms with E-state index in [0.717, 1.165) is 32.7 Å². The fourth-order valence-corrected chi connectivity index (χ4v) is 2.66. The van der Waals surface area contributed by atoms with Gasteiger partial charge in [0, 0.05) is 31.8 Å². The number of likely N-dealkylation sites (tertiary alicyclic amines) is 1. The molecule has 0 radical (unpaired) electrons. The molecule has 0 N–H and O–H groups in total. The van der Waals surface area contributed by atoms with Crippen molar-refractivity contribution in [1.82, 2.24) is 9.88 Å². The maximum Gasteiger partial charge on any atom is 0.257 e. The number of aryl methyl sites for hydroxylation is 1. The van der Waals surface area contributed by atoms with Crippen molar-refractivity contribution in [3.05, 3.63) is 28.5 Å². The molecule has 1 fully saturated rings. The molecule has 1 atom stereocenters. The Morgan fingerprint density at radius 1 is 1.63 bits per heavy atom. The second-order valence-corrected chi connectivity index (χ2v) is 5.23. The van der Waals surface area contributed by atoms with Crippen LogP contribution in [0.1, 0.15) is 29.4 Å². The number of rotatable bonds is 4. The molecule has 0 spiro atoms. The van der Waals surface area contributed by atoms with Crippen LogP contribution in [0.4, 0.5) is 0 Å². The van der Waals surface area contributed by atoms with Crippen LogP contribution in [0.5, 0.6) is 0 Å². The minimum absolute atomic E-state index is 0.0189. The van der Waals surface area contributed by atoms with E-state index in [2.05, 4.69) is 4.98 Å². The van der Waals surface area contributed by atoms with Crippen LogP contribution in [0, 0.1) is 12.8 Å². The number of ether oxygens (including phenoxy) is 1. The molecule has 0 saturated carbocycles. The largest absolute Gasteiger partial charge is 0.381 e. The third-order valence-corrected chi connectivity index (χ3v) is 3.75. The van der Waals surface area contributed by atoms with Crippen LogP contribution in [-0.4, -0.2) is 42.1 Å². The zero-order valence-electron chi connectivity index (χ0n) is 11.4. The van der Waals surface area contributed by atoms with E-state index in [4.69, 9.17) is 16.3 Å². The number of carbonyl (C=O) groups excluding carboxylic acids is 1. The van der Waals surface area contributed by atoms with Gasteiger partial charge in [0.15, 0.2) is 0 Å².